The summed E-state index contributed by atoms with van der Waals surface area (Å²) in [6.07, 6.45) is 1.84. The van der Waals surface area contributed by atoms with E-state index in [2.05, 4.69) is 62.8 Å². The number of aromatic nitrogens is 3. The first-order valence-electron chi connectivity index (χ1n) is 9.63. The lowest BCUT2D eigenvalue weighted by Gasteiger charge is -2.28. The Morgan fingerprint density at radius 2 is 1.69 bits per heavy atom. The minimum Gasteiger partial charge on any atom is -0.378 e. The summed E-state index contributed by atoms with van der Waals surface area (Å²) in [6, 6.07) is 22.8. The van der Waals surface area contributed by atoms with Gasteiger partial charge in [0.25, 0.3) is 0 Å². The van der Waals surface area contributed by atoms with Gasteiger partial charge in [-0.25, -0.2) is 9.50 Å². The van der Waals surface area contributed by atoms with Gasteiger partial charge in [-0.05, 0) is 48.5 Å². The van der Waals surface area contributed by atoms with Crippen LogP contribution in [-0.2, 0) is 4.74 Å². The molecular formula is C22H21N5OS. The largest absolute Gasteiger partial charge is 0.378 e. The van der Waals surface area contributed by atoms with Gasteiger partial charge in [-0.1, -0.05) is 30.0 Å². The molecule has 1 fully saturated rings. The summed E-state index contributed by atoms with van der Waals surface area (Å²) < 4.78 is 7.35. The predicted octanol–water partition coefficient (Wildman–Crippen LogP) is 4.46. The first-order valence-corrected chi connectivity index (χ1v) is 10.4. The molecule has 0 amide bonds. The van der Waals surface area contributed by atoms with Crippen LogP contribution in [0.15, 0.2) is 82.8 Å². The molecule has 2 aromatic heterocycles. The molecule has 7 heteroatoms. The zero-order valence-corrected chi connectivity index (χ0v) is 16.7. The lowest BCUT2D eigenvalue weighted by Crippen LogP contribution is -2.36. The molecule has 0 spiro atoms. The molecule has 29 heavy (non-hydrogen) atoms. The summed E-state index contributed by atoms with van der Waals surface area (Å²) in [5, 5.41) is 9.05. The summed E-state index contributed by atoms with van der Waals surface area (Å²) in [5.41, 5.74) is 3.14. The molecule has 4 aromatic rings. The van der Waals surface area contributed by atoms with Gasteiger partial charge in [0, 0.05) is 29.4 Å². The highest BCUT2D eigenvalue weighted by Crippen LogP contribution is 2.29. The van der Waals surface area contributed by atoms with E-state index < -0.39 is 0 Å². The van der Waals surface area contributed by atoms with Crippen molar-refractivity contribution < 1.29 is 4.74 Å². The minimum atomic E-state index is 0.572. The summed E-state index contributed by atoms with van der Waals surface area (Å²) in [5.74, 6) is 0.572. The Hall–Kier alpha value is -3.03. The second-order valence-electron chi connectivity index (χ2n) is 6.78. The number of nitrogens with one attached hydrogen (secondary N) is 1. The Labute approximate surface area is 173 Å². The molecule has 6 nitrogen and oxygen atoms in total. The maximum absolute atomic E-state index is 5.42. The number of anilines is 3. The van der Waals surface area contributed by atoms with Gasteiger partial charge in [-0.3, -0.25) is 0 Å². The highest BCUT2D eigenvalue weighted by Gasteiger charge is 2.11. The van der Waals surface area contributed by atoms with Crippen molar-refractivity contribution in [1.29, 1.82) is 0 Å². The first-order chi connectivity index (χ1) is 14.3. The number of ether oxygens (including phenoxy) is 1. The van der Waals surface area contributed by atoms with Gasteiger partial charge < -0.3 is 15.0 Å². The molecule has 5 rings (SSSR count). The maximum atomic E-state index is 5.42. The summed E-state index contributed by atoms with van der Waals surface area (Å²) in [4.78, 5) is 7.97. The van der Waals surface area contributed by atoms with Gasteiger partial charge in [-0.2, -0.15) is 0 Å². The highest BCUT2D eigenvalue weighted by atomic mass is 32.2. The second-order valence-corrected chi connectivity index (χ2v) is 7.87. The van der Waals surface area contributed by atoms with E-state index >= 15 is 0 Å². The van der Waals surface area contributed by atoms with Crippen molar-refractivity contribution in [2.75, 3.05) is 36.5 Å². The third-order valence-electron chi connectivity index (χ3n) is 4.83. The fourth-order valence-electron chi connectivity index (χ4n) is 3.33. The van der Waals surface area contributed by atoms with Crippen molar-refractivity contribution in [2.45, 2.75) is 9.92 Å². The van der Waals surface area contributed by atoms with Crippen LogP contribution in [0.2, 0.25) is 0 Å². The van der Waals surface area contributed by atoms with E-state index in [1.54, 1.807) is 11.8 Å². The number of fused-ring (bicyclic) bond motifs is 1. The topological polar surface area (TPSA) is 54.7 Å². The average Bonchev–Trinajstić information content (AvgIpc) is 3.18. The quantitative estimate of drug-likeness (QED) is 0.531. The van der Waals surface area contributed by atoms with Gasteiger partial charge in [0.2, 0.25) is 5.95 Å². The molecule has 0 unspecified atom stereocenters. The molecule has 1 saturated heterocycles. The van der Waals surface area contributed by atoms with Crippen LogP contribution in [0.3, 0.4) is 0 Å². The molecule has 1 N–H and O–H groups in total. The van der Waals surface area contributed by atoms with E-state index in [1.807, 2.05) is 35.0 Å². The fourth-order valence-corrected chi connectivity index (χ4v) is 4.23. The molecule has 0 saturated carbocycles. The average molecular weight is 404 g/mol. The number of hydrogen-bond donors (Lipinski definition) is 1. The van der Waals surface area contributed by atoms with E-state index in [0.29, 0.717) is 5.95 Å². The number of nitrogens with zero attached hydrogens (tertiary/aromatic N) is 4. The number of rotatable bonds is 5. The van der Waals surface area contributed by atoms with Crippen LogP contribution in [0.5, 0.6) is 0 Å². The van der Waals surface area contributed by atoms with Crippen molar-refractivity contribution in [1.82, 2.24) is 14.6 Å². The Morgan fingerprint density at radius 3 is 2.48 bits per heavy atom. The van der Waals surface area contributed by atoms with Crippen molar-refractivity contribution in [3.8, 4) is 0 Å². The van der Waals surface area contributed by atoms with Crippen molar-refractivity contribution >= 4 is 34.6 Å². The first kappa shape index (κ1) is 18.0. The zero-order valence-electron chi connectivity index (χ0n) is 15.9. The lowest BCUT2D eigenvalue weighted by atomic mass is 10.2. The molecule has 0 atom stereocenters. The summed E-state index contributed by atoms with van der Waals surface area (Å²) >= 11 is 1.69. The molecule has 0 radical (unpaired) electrons. The van der Waals surface area contributed by atoms with Gasteiger partial charge in [0.1, 0.15) is 5.03 Å². The Balaban J connectivity index is 1.34. The monoisotopic (exact) mass is 403 g/mol. The third-order valence-corrected chi connectivity index (χ3v) is 5.86. The van der Waals surface area contributed by atoms with Crippen LogP contribution in [0.25, 0.3) is 5.52 Å². The van der Waals surface area contributed by atoms with Gasteiger partial charge in [0.05, 0.1) is 24.9 Å². The molecule has 1 aliphatic heterocycles. The van der Waals surface area contributed by atoms with Crippen LogP contribution in [-0.4, -0.2) is 40.9 Å². The standard InChI is InChI=1S/C22H21N5OS/c1-2-4-20(5-3-1)29-21-11-10-19-16-23-22(25-27(19)21)24-17-6-8-18(9-7-17)26-12-14-28-15-13-26/h1-11,16H,12-15H2,(H,24,25). The van der Waals surface area contributed by atoms with E-state index in [-0.39, 0.29) is 0 Å². The maximum Gasteiger partial charge on any atom is 0.245 e. The Kier molecular flexibility index (Phi) is 5.06. The Bertz CT molecular complexity index is 1090. The fraction of sp³-hybridized carbons (Fsp3) is 0.182. The van der Waals surface area contributed by atoms with Crippen LogP contribution in [0, 0.1) is 0 Å². The minimum absolute atomic E-state index is 0.572. The van der Waals surface area contributed by atoms with Gasteiger partial charge in [-0.15, -0.1) is 5.10 Å². The van der Waals surface area contributed by atoms with Crippen molar-refractivity contribution in [3.63, 3.8) is 0 Å². The van der Waals surface area contributed by atoms with Gasteiger partial charge >= 0.3 is 0 Å². The molecule has 1 aliphatic rings. The summed E-state index contributed by atoms with van der Waals surface area (Å²) in [7, 11) is 0. The molecule has 0 bridgehead atoms. The lowest BCUT2D eigenvalue weighted by molar-refractivity contribution is 0.122. The molecular weight excluding hydrogens is 382 g/mol. The van der Waals surface area contributed by atoms with E-state index in [4.69, 9.17) is 4.74 Å². The SMILES string of the molecule is c1ccc(Sc2ccc3cnc(Nc4ccc(N5CCOCC5)cc4)nn23)cc1. The molecule has 2 aromatic carbocycles. The third kappa shape index (κ3) is 4.06. The summed E-state index contributed by atoms with van der Waals surface area (Å²) in [6.45, 7) is 3.44. The van der Waals surface area contributed by atoms with Crippen LogP contribution >= 0.6 is 11.8 Å². The van der Waals surface area contributed by atoms with E-state index in [1.165, 1.54) is 10.6 Å². The van der Waals surface area contributed by atoms with Crippen LogP contribution in [0.4, 0.5) is 17.3 Å². The molecule has 146 valence electrons. The normalized spacial score (nSPS) is 14.3. The van der Waals surface area contributed by atoms with Crippen LogP contribution in [0.1, 0.15) is 0 Å². The predicted molar refractivity (Wildman–Crippen MR) is 116 cm³/mol. The van der Waals surface area contributed by atoms with E-state index in [0.717, 1.165) is 42.5 Å². The smallest absolute Gasteiger partial charge is 0.245 e. The second kappa shape index (κ2) is 8.14. The molecule has 0 aliphatic carbocycles. The number of morpholine rings is 1. The molecule has 3 heterocycles. The zero-order chi connectivity index (χ0) is 19.5. The number of hydrogen-bond acceptors (Lipinski definition) is 6. The highest BCUT2D eigenvalue weighted by molar-refractivity contribution is 7.99. The van der Waals surface area contributed by atoms with Gasteiger partial charge in [0.15, 0.2) is 0 Å². The van der Waals surface area contributed by atoms with Crippen LogP contribution < -0.4 is 10.2 Å². The van der Waals surface area contributed by atoms with Crippen molar-refractivity contribution in [3.05, 3.63) is 72.9 Å². The van der Waals surface area contributed by atoms with E-state index in [9.17, 15) is 0 Å². The Morgan fingerprint density at radius 1 is 0.897 bits per heavy atom. The van der Waals surface area contributed by atoms with Crippen molar-refractivity contribution in [2.24, 2.45) is 0 Å². The number of benzene rings is 2.